The van der Waals surface area contributed by atoms with E-state index in [9.17, 15) is 24.8 Å². The van der Waals surface area contributed by atoms with Crippen molar-refractivity contribution in [2.45, 2.75) is 63.5 Å². The highest BCUT2D eigenvalue weighted by Crippen LogP contribution is 2.49. The van der Waals surface area contributed by atoms with Gasteiger partial charge in [-0.25, -0.2) is 4.79 Å². The number of carbonyl (C=O) groups excluding carboxylic acids is 1. The normalized spacial score (nSPS) is 23.4. The van der Waals surface area contributed by atoms with Crippen molar-refractivity contribution in [3.8, 4) is 0 Å². The van der Waals surface area contributed by atoms with Crippen LogP contribution in [0.15, 0.2) is 67.3 Å². The van der Waals surface area contributed by atoms with Crippen molar-refractivity contribution in [3.63, 3.8) is 0 Å². The van der Waals surface area contributed by atoms with Crippen LogP contribution in [0.2, 0.25) is 0 Å². The molecule has 0 radical (unpaired) electrons. The highest BCUT2D eigenvalue weighted by molar-refractivity contribution is 5.70. The number of benzene rings is 2. The monoisotopic (exact) mass is 589 g/mol. The molecule has 1 N–H and O–H groups in total. The number of nitro benzene ring substituents is 1. The summed E-state index contributed by atoms with van der Waals surface area (Å²) < 4.78 is 5.59. The molecule has 2 aromatic rings. The van der Waals surface area contributed by atoms with Gasteiger partial charge in [0.1, 0.15) is 6.61 Å². The van der Waals surface area contributed by atoms with Gasteiger partial charge in [-0.05, 0) is 79.0 Å². The number of likely N-dealkylation sites (tertiary alicyclic amines) is 1. The number of carboxylic acid groups (broad SMARTS) is 1. The first-order chi connectivity index (χ1) is 20.8. The molecule has 2 aliphatic carbocycles. The fraction of sp³-hybridized carbons (Fsp3) is 0.529. The van der Waals surface area contributed by atoms with Crippen molar-refractivity contribution in [3.05, 3.63) is 88.5 Å². The third kappa shape index (κ3) is 8.02. The van der Waals surface area contributed by atoms with Gasteiger partial charge in [0.05, 0.1) is 10.8 Å². The van der Waals surface area contributed by atoms with Crippen molar-refractivity contribution in [2.75, 3.05) is 26.2 Å². The highest BCUT2D eigenvalue weighted by Gasteiger charge is 2.43. The standard InChI is InChI=1S/C34H43N3O6/c1-2-16-36(34(40)43-23-25-10-12-30(13-11-25)37(41)42)29-14-17-35(18-15-29)22-28-20-27(32(33(38)39)19-24-8-9-24)21-31(28)26-6-4-3-5-7-26/h2-7,10-13,24,27-29,31-32H,1,8-9,14-23H2,(H,38,39)/t27?,28-,31-,32?/m1/s1. The summed E-state index contributed by atoms with van der Waals surface area (Å²) in [6.45, 7) is 6.93. The van der Waals surface area contributed by atoms with E-state index in [-0.39, 0.29) is 30.2 Å². The van der Waals surface area contributed by atoms with Gasteiger partial charge in [-0.1, -0.05) is 49.2 Å². The van der Waals surface area contributed by atoms with Crippen LogP contribution < -0.4 is 0 Å². The maximum absolute atomic E-state index is 13.1. The second-order valence-electron chi connectivity index (χ2n) is 12.6. The van der Waals surface area contributed by atoms with E-state index in [4.69, 9.17) is 4.74 Å². The Morgan fingerprint density at radius 1 is 1.07 bits per heavy atom. The van der Waals surface area contributed by atoms with Crippen LogP contribution in [-0.2, 0) is 16.1 Å². The molecule has 1 heterocycles. The molecule has 9 nitrogen and oxygen atoms in total. The van der Waals surface area contributed by atoms with Crippen LogP contribution in [0, 0.1) is 33.8 Å². The van der Waals surface area contributed by atoms with Crippen molar-refractivity contribution in [1.82, 2.24) is 9.80 Å². The van der Waals surface area contributed by atoms with E-state index in [0.717, 1.165) is 51.7 Å². The number of carbonyl (C=O) groups is 2. The summed E-state index contributed by atoms with van der Waals surface area (Å²) >= 11 is 0. The van der Waals surface area contributed by atoms with Crippen LogP contribution in [0.1, 0.15) is 62.0 Å². The Bertz CT molecular complexity index is 1260. The third-order valence-corrected chi connectivity index (χ3v) is 9.69. The lowest BCUT2D eigenvalue weighted by molar-refractivity contribution is -0.384. The first kappa shape index (κ1) is 30.7. The van der Waals surface area contributed by atoms with Gasteiger partial charge in [0.15, 0.2) is 0 Å². The minimum absolute atomic E-state index is 0.00158. The maximum Gasteiger partial charge on any atom is 0.410 e. The molecule has 1 aliphatic heterocycles. The van der Waals surface area contributed by atoms with Crippen molar-refractivity contribution >= 4 is 17.7 Å². The van der Waals surface area contributed by atoms with Crippen LogP contribution in [0.3, 0.4) is 0 Å². The Morgan fingerprint density at radius 2 is 1.77 bits per heavy atom. The summed E-state index contributed by atoms with van der Waals surface area (Å²) in [5, 5.41) is 21.0. The van der Waals surface area contributed by atoms with E-state index in [1.807, 2.05) is 6.07 Å². The van der Waals surface area contributed by atoms with Gasteiger partial charge in [0, 0.05) is 44.4 Å². The molecule has 2 saturated carbocycles. The Balaban J connectivity index is 1.17. The zero-order chi connectivity index (χ0) is 30.3. The predicted octanol–water partition coefficient (Wildman–Crippen LogP) is 6.49. The molecule has 0 bridgehead atoms. The number of nitro groups is 1. The molecule has 230 valence electrons. The van der Waals surface area contributed by atoms with Crippen molar-refractivity contribution < 1.29 is 24.4 Å². The van der Waals surface area contributed by atoms with Crippen molar-refractivity contribution in [2.24, 2.45) is 23.7 Å². The summed E-state index contributed by atoms with van der Waals surface area (Å²) in [6, 6.07) is 16.6. The number of hydrogen-bond acceptors (Lipinski definition) is 6. The summed E-state index contributed by atoms with van der Waals surface area (Å²) in [6.07, 6.45) is 7.99. The Hall–Kier alpha value is -3.72. The lowest BCUT2D eigenvalue weighted by Crippen LogP contribution is -2.48. The SMILES string of the molecule is C=CCN(C(=O)OCc1ccc([N+](=O)[O-])cc1)C1CCN(C[C@H]2CC(C(CC3CC3)C(=O)O)C[C@@H]2c2ccccc2)CC1. The molecule has 0 spiro atoms. The van der Waals surface area contributed by atoms with E-state index in [0.29, 0.717) is 29.9 Å². The van der Waals surface area contributed by atoms with E-state index in [2.05, 4.69) is 35.7 Å². The lowest BCUT2D eigenvalue weighted by atomic mass is 9.85. The largest absolute Gasteiger partial charge is 0.481 e. The lowest BCUT2D eigenvalue weighted by Gasteiger charge is -2.39. The van der Waals surface area contributed by atoms with Gasteiger partial charge < -0.3 is 19.6 Å². The Morgan fingerprint density at radius 3 is 2.37 bits per heavy atom. The molecule has 9 heteroatoms. The molecule has 4 atom stereocenters. The van der Waals surface area contributed by atoms with Gasteiger partial charge >= 0.3 is 12.1 Å². The molecular weight excluding hydrogens is 546 g/mol. The topological polar surface area (TPSA) is 113 Å². The minimum Gasteiger partial charge on any atom is -0.481 e. The average Bonchev–Trinajstić information content (AvgIpc) is 3.76. The average molecular weight is 590 g/mol. The molecule has 3 fully saturated rings. The van der Waals surface area contributed by atoms with Crippen LogP contribution >= 0.6 is 0 Å². The molecule has 2 aromatic carbocycles. The quantitative estimate of drug-likeness (QED) is 0.161. The van der Waals surface area contributed by atoms with Crippen LogP contribution in [0.4, 0.5) is 10.5 Å². The number of piperidine rings is 1. The fourth-order valence-corrected chi connectivity index (χ4v) is 7.21. The number of amides is 1. The second kappa shape index (κ2) is 14.2. The van der Waals surface area contributed by atoms with E-state index < -0.39 is 17.0 Å². The molecule has 1 amide bonds. The van der Waals surface area contributed by atoms with Gasteiger partial charge in [-0.15, -0.1) is 6.58 Å². The molecule has 5 rings (SSSR count). The Labute approximate surface area is 253 Å². The van der Waals surface area contributed by atoms with Gasteiger partial charge in [0.2, 0.25) is 0 Å². The molecule has 43 heavy (non-hydrogen) atoms. The van der Waals surface area contributed by atoms with Gasteiger partial charge in [-0.3, -0.25) is 14.9 Å². The number of aliphatic carboxylic acids is 1. The van der Waals surface area contributed by atoms with Crippen LogP contribution in [-0.4, -0.2) is 64.1 Å². The Kier molecular flexibility index (Phi) is 10.1. The molecule has 2 unspecified atom stereocenters. The number of ether oxygens (including phenoxy) is 1. The summed E-state index contributed by atoms with van der Waals surface area (Å²) in [5.74, 6) is 0.678. The van der Waals surface area contributed by atoms with Crippen molar-refractivity contribution in [1.29, 1.82) is 0 Å². The third-order valence-electron chi connectivity index (χ3n) is 9.69. The number of non-ortho nitro benzene ring substituents is 1. The number of nitrogens with zero attached hydrogens (tertiary/aromatic N) is 3. The summed E-state index contributed by atoms with van der Waals surface area (Å²) in [4.78, 5) is 40.0. The van der Waals surface area contributed by atoms with E-state index >= 15 is 0 Å². The minimum atomic E-state index is -0.632. The van der Waals surface area contributed by atoms with E-state index in [1.54, 1.807) is 23.1 Å². The number of carboxylic acids is 1. The predicted molar refractivity (Wildman–Crippen MR) is 164 cm³/mol. The molecule has 1 saturated heterocycles. The number of rotatable bonds is 13. The second-order valence-corrected chi connectivity index (χ2v) is 12.6. The zero-order valence-electron chi connectivity index (χ0n) is 24.8. The summed E-state index contributed by atoms with van der Waals surface area (Å²) in [7, 11) is 0. The zero-order valence-corrected chi connectivity index (χ0v) is 24.8. The first-order valence-electron chi connectivity index (χ1n) is 15.6. The first-order valence-corrected chi connectivity index (χ1v) is 15.6. The van der Waals surface area contributed by atoms with Gasteiger partial charge in [-0.2, -0.15) is 0 Å². The smallest absolute Gasteiger partial charge is 0.410 e. The molecule has 0 aromatic heterocycles. The maximum atomic E-state index is 13.1. The van der Waals surface area contributed by atoms with Gasteiger partial charge in [0.25, 0.3) is 5.69 Å². The highest BCUT2D eigenvalue weighted by atomic mass is 16.6. The fourth-order valence-electron chi connectivity index (χ4n) is 7.21. The van der Waals surface area contributed by atoms with Crippen LogP contribution in [0.5, 0.6) is 0 Å². The van der Waals surface area contributed by atoms with E-state index in [1.165, 1.54) is 30.5 Å². The summed E-state index contributed by atoms with van der Waals surface area (Å²) in [5.41, 5.74) is 2.00. The van der Waals surface area contributed by atoms with Crippen LogP contribution in [0.25, 0.3) is 0 Å². The number of hydrogen-bond donors (Lipinski definition) is 1. The molecular formula is C34H43N3O6. The molecule has 3 aliphatic rings.